The largest absolute Gasteiger partial charge is 0.384 e. The van der Waals surface area contributed by atoms with E-state index in [9.17, 15) is 38.0 Å². The summed E-state index contributed by atoms with van der Waals surface area (Å²) in [5.41, 5.74) is 16.8. The van der Waals surface area contributed by atoms with Crippen LogP contribution in [0.2, 0.25) is 0 Å². The molecule has 9 unspecified atom stereocenters. The van der Waals surface area contributed by atoms with Crippen LogP contribution in [0.5, 0.6) is 0 Å². The molecule has 9 atom stereocenters. The molecule has 12 aromatic rings. The van der Waals surface area contributed by atoms with Gasteiger partial charge in [-0.3, -0.25) is 39.5 Å². The highest BCUT2D eigenvalue weighted by molar-refractivity contribution is 5.90. The van der Waals surface area contributed by atoms with E-state index in [4.69, 9.17) is 0 Å². The summed E-state index contributed by atoms with van der Waals surface area (Å²) in [5, 5.41) is 49.4. The molecular weight excluding hydrogens is 1390 g/mol. The number of nitrogens with zero attached hydrogens (tertiary/aromatic N) is 12. The molecule has 0 radical (unpaired) electrons. The first-order valence-electron chi connectivity index (χ1n) is 38.6. The lowest BCUT2D eigenvalue weighted by Crippen LogP contribution is -2.43. The zero-order valence-corrected chi connectivity index (χ0v) is 66.2. The van der Waals surface area contributed by atoms with Gasteiger partial charge in [-0.15, -0.1) is 0 Å². The molecule has 580 valence electrons. The van der Waals surface area contributed by atoms with E-state index in [1.165, 1.54) is 44.2 Å². The first-order chi connectivity index (χ1) is 52.4. The number of pyridine rings is 4. The van der Waals surface area contributed by atoms with Crippen LogP contribution in [0, 0.1) is 27.7 Å². The van der Waals surface area contributed by atoms with Gasteiger partial charge in [-0.25, -0.2) is 17.6 Å². The second-order valence-electron chi connectivity index (χ2n) is 32.5. The van der Waals surface area contributed by atoms with Crippen molar-refractivity contribution in [3.05, 3.63) is 260 Å². The average Bonchev–Trinajstić information content (AvgIpc) is 1.60. The van der Waals surface area contributed by atoms with Crippen molar-refractivity contribution in [2.24, 2.45) is 0 Å². The van der Waals surface area contributed by atoms with Gasteiger partial charge in [-0.2, -0.15) is 0 Å². The number of aliphatic hydroxyl groups is 4. The summed E-state index contributed by atoms with van der Waals surface area (Å²) < 4.78 is 64.9. The molecule has 0 aliphatic carbocycles. The normalized spacial score (nSPS) is 20.0. The van der Waals surface area contributed by atoms with E-state index in [1.54, 1.807) is 81.4 Å². The van der Waals surface area contributed by atoms with E-state index in [-0.39, 0.29) is 18.6 Å². The molecule has 0 saturated carbocycles. The average molecular weight is 1500 g/mol. The third-order valence-electron chi connectivity index (χ3n) is 23.9. The molecule has 20 heteroatoms. The number of rotatable bonds is 16. The maximum Gasteiger partial charge on any atom is 0.258 e. The van der Waals surface area contributed by atoms with E-state index >= 15 is 0 Å². The van der Waals surface area contributed by atoms with Gasteiger partial charge in [0, 0.05) is 213 Å². The van der Waals surface area contributed by atoms with Crippen LogP contribution < -0.4 is 0 Å². The molecule has 4 N–H and O–H groups in total. The standard InChI is InChI=1S/C23H28FN3O.C23H29N3O.C22H25F2N3O.C22H26FN3O/c1-15-7-8-20-18(10-15)19-13-26(4)21(16(2)24)11-22(19)27(20)14-23(3,28)17-6-5-9-25-12-17;1-5-18-12-22-20(14-25(18)4)19-11-16(2)8-9-21(19)26(22)15-23(3,27)17-7-6-10-24-13-17;1-14-6-7-17-16(11-14)19-18(8-10-26(3)20(19)21(23)24)27(17)13-22(2,28)15-5-4-9-25-12-15;1-15-6-7-18-17(11-15)21-19(8-10-25(3)20(21)12-23)26(18)14-22(2,27)16-5-4-9-24-13-16/h5-10,12,16,21,28H,11,13-14H2,1-4H3;6-11,13,18,27H,5,12,14-15H2,1-4H3;4-7,9,11-12,20-21,28H,8,10,13H2,1-3H3;4-7,9,11,13,20,27H,8,10,12,14H2,1-3H3. The molecule has 16 rings (SSSR count). The molecule has 4 aliphatic heterocycles. The Morgan fingerprint density at radius 3 is 1.15 bits per heavy atom. The van der Waals surface area contributed by atoms with Crippen molar-refractivity contribution < 1.29 is 38.0 Å². The molecule has 8 aromatic heterocycles. The zero-order valence-electron chi connectivity index (χ0n) is 66.2. The fourth-order valence-corrected chi connectivity index (χ4v) is 17.6. The number of likely N-dealkylation sites (N-methyl/N-ethyl adjacent to an activating group) is 4. The maximum atomic E-state index is 14.3. The van der Waals surface area contributed by atoms with Gasteiger partial charge < -0.3 is 38.7 Å². The molecule has 12 heterocycles. The molecule has 4 aliphatic rings. The van der Waals surface area contributed by atoms with Crippen LogP contribution in [0.4, 0.5) is 17.6 Å². The number of halogens is 4. The highest BCUT2D eigenvalue weighted by Gasteiger charge is 2.41. The molecule has 0 saturated heterocycles. The number of hydrogen-bond acceptors (Lipinski definition) is 12. The minimum atomic E-state index is -2.47. The topological polar surface area (TPSA) is 165 Å². The fraction of sp³-hybridized carbons (Fsp3) is 0.422. The molecule has 16 nitrogen and oxygen atoms in total. The molecule has 110 heavy (non-hydrogen) atoms. The van der Waals surface area contributed by atoms with Crippen LogP contribution in [0.25, 0.3) is 43.6 Å². The van der Waals surface area contributed by atoms with Crippen molar-refractivity contribution in [2.45, 2.75) is 200 Å². The minimum Gasteiger partial charge on any atom is -0.384 e. The molecule has 4 aromatic carbocycles. The summed E-state index contributed by atoms with van der Waals surface area (Å²) in [6.07, 6.45) is 14.6. The highest BCUT2D eigenvalue weighted by atomic mass is 19.3. The Balaban J connectivity index is 0.000000129. The van der Waals surface area contributed by atoms with Crippen LogP contribution in [-0.2, 0) is 87.4 Å². The number of benzene rings is 4. The predicted molar refractivity (Wildman–Crippen MR) is 431 cm³/mol. The van der Waals surface area contributed by atoms with Crippen LogP contribution in [0.1, 0.15) is 150 Å². The monoisotopic (exact) mass is 1500 g/mol. The van der Waals surface area contributed by atoms with Crippen molar-refractivity contribution >= 4 is 43.6 Å². The van der Waals surface area contributed by atoms with E-state index in [1.807, 2.05) is 107 Å². The molecule has 0 spiro atoms. The van der Waals surface area contributed by atoms with Gasteiger partial charge in [-0.1, -0.05) is 77.7 Å². The maximum absolute atomic E-state index is 14.3. The Bertz CT molecular complexity index is 5210. The van der Waals surface area contributed by atoms with Crippen LogP contribution in [0.3, 0.4) is 0 Å². The number of hydrogen-bond donors (Lipinski definition) is 4. The predicted octanol–water partition coefficient (Wildman–Crippen LogP) is 15.8. The second kappa shape index (κ2) is 32.0. The summed E-state index contributed by atoms with van der Waals surface area (Å²) in [7, 11) is 7.96. The Kier molecular flexibility index (Phi) is 23.0. The van der Waals surface area contributed by atoms with E-state index < -0.39 is 47.7 Å². The summed E-state index contributed by atoms with van der Waals surface area (Å²) in [4.78, 5) is 25.0. The number of aromatic nitrogens is 8. The number of fused-ring (bicyclic) bond motifs is 12. The van der Waals surface area contributed by atoms with Crippen LogP contribution in [-0.4, -0.2) is 151 Å². The Morgan fingerprint density at radius 1 is 0.445 bits per heavy atom. The molecular formula is C90H108F4N12O4. The lowest BCUT2D eigenvalue weighted by atomic mass is 9.95. The summed E-state index contributed by atoms with van der Waals surface area (Å²) >= 11 is 0. The lowest BCUT2D eigenvalue weighted by Gasteiger charge is -2.35. The number of alkyl halides is 4. The smallest absolute Gasteiger partial charge is 0.258 e. The van der Waals surface area contributed by atoms with Gasteiger partial charge in [0.25, 0.3) is 6.43 Å². The van der Waals surface area contributed by atoms with Gasteiger partial charge in [0.1, 0.15) is 35.3 Å². The lowest BCUT2D eigenvalue weighted by molar-refractivity contribution is 0.0274. The first kappa shape index (κ1) is 79.1. The summed E-state index contributed by atoms with van der Waals surface area (Å²) in [5.74, 6) is 0. The van der Waals surface area contributed by atoms with Gasteiger partial charge in [0.15, 0.2) is 0 Å². The van der Waals surface area contributed by atoms with Gasteiger partial charge in [0.05, 0.1) is 38.3 Å². The Hall–Kier alpha value is -8.96. The number of aryl methyl sites for hydroxylation is 4. The van der Waals surface area contributed by atoms with Crippen molar-refractivity contribution in [2.75, 3.05) is 48.0 Å². The third kappa shape index (κ3) is 15.9. The SMILES string of the molecule is CCC1Cc2c(c3cc(C)ccc3n2CC(C)(O)c2cccnc2)CN1C.Cc1ccc2c(c1)c1c(n2CC(C)(O)c2cccnc2)CC(C(C)F)N(C)C1.Cc1ccc2c(c1)c1c(n2CC(C)(O)c2cccnc2)CCN(C)C1C(F)F.Cc1ccc2c(c1)c1c(n2CC(C)(O)c2cccnc2)CCN(C)C1CF. The van der Waals surface area contributed by atoms with Gasteiger partial charge in [-0.05, 0) is 181 Å². The Labute approximate surface area is 644 Å². The summed E-state index contributed by atoms with van der Waals surface area (Å²) in [6.45, 7) is 23.7. The van der Waals surface area contributed by atoms with E-state index in [2.05, 4.69) is 138 Å². The van der Waals surface area contributed by atoms with Crippen molar-refractivity contribution in [1.29, 1.82) is 0 Å². The van der Waals surface area contributed by atoms with Crippen molar-refractivity contribution in [3.63, 3.8) is 0 Å². The third-order valence-corrected chi connectivity index (χ3v) is 23.9. The van der Waals surface area contributed by atoms with Gasteiger partial charge >= 0.3 is 0 Å². The zero-order chi connectivity index (χ0) is 78.5. The van der Waals surface area contributed by atoms with Gasteiger partial charge in [0.2, 0.25) is 0 Å². The second-order valence-corrected chi connectivity index (χ2v) is 32.5. The molecule has 0 fully saturated rings. The van der Waals surface area contributed by atoms with Crippen LogP contribution >= 0.6 is 0 Å². The quantitative estimate of drug-likeness (QED) is 0.0678. The highest BCUT2D eigenvalue weighted by Crippen LogP contribution is 2.45. The summed E-state index contributed by atoms with van der Waals surface area (Å²) in [6, 6.07) is 39.5. The minimum absolute atomic E-state index is 0.153. The van der Waals surface area contributed by atoms with Crippen molar-refractivity contribution in [3.8, 4) is 0 Å². The van der Waals surface area contributed by atoms with Crippen LogP contribution in [0.15, 0.2) is 171 Å². The van der Waals surface area contributed by atoms with E-state index in [0.29, 0.717) is 56.2 Å². The Morgan fingerprint density at radius 2 is 0.791 bits per heavy atom. The van der Waals surface area contributed by atoms with Crippen molar-refractivity contribution in [1.82, 2.24) is 57.8 Å². The molecule has 0 bridgehead atoms. The fourth-order valence-electron chi connectivity index (χ4n) is 17.6. The first-order valence-corrected chi connectivity index (χ1v) is 38.6. The van der Waals surface area contributed by atoms with E-state index in [0.717, 1.165) is 117 Å². The molecule has 0 amide bonds.